The van der Waals surface area contributed by atoms with E-state index >= 15 is 0 Å². The summed E-state index contributed by atoms with van der Waals surface area (Å²) in [5.41, 5.74) is 9.87. The van der Waals surface area contributed by atoms with Gasteiger partial charge in [0.15, 0.2) is 0 Å². The molecule has 4 aromatic rings. The van der Waals surface area contributed by atoms with Gasteiger partial charge < -0.3 is 5.73 Å². The van der Waals surface area contributed by atoms with Crippen LogP contribution in [-0.4, -0.2) is 0 Å². The van der Waals surface area contributed by atoms with Crippen molar-refractivity contribution >= 4 is 21.5 Å². The van der Waals surface area contributed by atoms with Crippen LogP contribution < -0.4 is 5.73 Å². The zero-order valence-corrected chi connectivity index (χ0v) is 13.9. The molecular weight excluding hydrogens is 290 g/mol. The standard InChI is InChI=1S/C23H21N/c1-2-23(24)17-13-11-16(12-14-17)22-15-18-7-3-4-8-19(18)20-9-5-6-10-21(20)22/h3-15,23H,2,24H2,1H3. The van der Waals surface area contributed by atoms with Gasteiger partial charge in [-0.3, -0.25) is 0 Å². The molecule has 0 fully saturated rings. The smallest absolute Gasteiger partial charge is 0.0292 e. The molecule has 118 valence electrons. The Bertz CT molecular complexity index is 999. The Morgan fingerprint density at radius 3 is 2.08 bits per heavy atom. The maximum absolute atomic E-state index is 6.15. The van der Waals surface area contributed by atoms with Gasteiger partial charge in [-0.05, 0) is 50.7 Å². The van der Waals surface area contributed by atoms with Crippen LogP contribution in [0.5, 0.6) is 0 Å². The number of hydrogen-bond acceptors (Lipinski definition) is 1. The summed E-state index contributed by atoms with van der Waals surface area (Å²) in [5.74, 6) is 0. The van der Waals surface area contributed by atoms with Crippen LogP contribution in [0.1, 0.15) is 24.9 Å². The molecule has 1 unspecified atom stereocenters. The van der Waals surface area contributed by atoms with Gasteiger partial charge in [-0.2, -0.15) is 0 Å². The Morgan fingerprint density at radius 2 is 1.38 bits per heavy atom. The van der Waals surface area contributed by atoms with Crippen molar-refractivity contribution in [2.75, 3.05) is 0 Å². The number of hydrogen-bond donors (Lipinski definition) is 1. The summed E-state index contributed by atoms with van der Waals surface area (Å²) in [6.45, 7) is 2.12. The maximum atomic E-state index is 6.15. The van der Waals surface area contributed by atoms with Crippen LogP contribution in [0.15, 0.2) is 78.9 Å². The molecule has 4 aromatic carbocycles. The molecule has 0 aliphatic carbocycles. The van der Waals surface area contributed by atoms with Gasteiger partial charge in [0.25, 0.3) is 0 Å². The molecule has 1 nitrogen and oxygen atoms in total. The highest BCUT2D eigenvalue weighted by Gasteiger charge is 2.09. The van der Waals surface area contributed by atoms with Crippen LogP contribution in [-0.2, 0) is 0 Å². The first-order chi connectivity index (χ1) is 11.8. The van der Waals surface area contributed by atoms with Crippen LogP contribution in [0.25, 0.3) is 32.7 Å². The Kier molecular flexibility index (Phi) is 3.79. The molecule has 2 N–H and O–H groups in total. The molecule has 0 radical (unpaired) electrons. The van der Waals surface area contributed by atoms with E-state index in [0.717, 1.165) is 6.42 Å². The first-order valence-electron chi connectivity index (χ1n) is 8.54. The summed E-state index contributed by atoms with van der Waals surface area (Å²) in [6, 6.07) is 28.4. The van der Waals surface area contributed by atoms with Crippen molar-refractivity contribution < 1.29 is 0 Å². The molecular formula is C23H21N. The van der Waals surface area contributed by atoms with E-state index in [4.69, 9.17) is 5.73 Å². The average molecular weight is 311 g/mol. The summed E-state index contributed by atoms with van der Waals surface area (Å²) in [4.78, 5) is 0. The lowest BCUT2D eigenvalue weighted by molar-refractivity contribution is 0.699. The summed E-state index contributed by atoms with van der Waals surface area (Å²) < 4.78 is 0. The van der Waals surface area contributed by atoms with E-state index < -0.39 is 0 Å². The molecule has 0 bridgehead atoms. The Hall–Kier alpha value is -2.64. The summed E-state index contributed by atoms with van der Waals surface area (Å²) >= 11 is 0. The lowest BCUT2D eigenvalue weighted by atomic mass is 9.92. The van der Waals surface area contributed by atoms with Gasteiger partial charge in [0.1, 0.15) is 0 Å². The molecule has 4 rings (SSSR count). The van der Waals surface area contributed by atoms with E-state index in [9.17, 15) is 0 Å². The van der Waals surface area contributed by atoms with E-state index in [0.29, 0.717) is 0 Å². The first-order valence-corrected chi connectivity index (χ1v) is 8.54. The molecule has 0 saturated heterocycles. The van der Waals surface area contributed by atoms with Crippen LogP contribution in [0.4, 0.5) is 0 Å². The van der Waals surface area contributed by atoms with Crippen LogP contribution in [0, 0.1) is 0 Å². The molecule has 24 heavy (non-hydrogen) atoms. The highest BCUT2D eigenvalue weighted by Crippen LogP contribution is 2.35. The summed E-state index contributed by atoms with van der Waals surface area (Å²) in [6.07, 6.45) is 0.957. The lowest BCUT2D eigenvalue weighted by Crippen LogP contribution is -2.08. The molecule has 0 amide bonds. The largest absolute Gasteiger partial charge is 0.324 e. The number of rotatable bonds is 3. The van der Waals surface area contributed by atoms with Gasteiger partial charge in [0, 0.05) is 6.04 Å². The van der Waals surface area contributed by atoms with Crippen molar-refractivity contribution in [1.29, 1.82) is 0 Å². The van der Waals surface area contributed by atoms with Crippen LogP contribution in [0.3, 0.4) is 0 Å². The molecule has 0 saturated carbocycles. The Morgan fingerprint density at radius 1 is 0.750 bits per heavy atom. The molecule has 1 atom stereocenters. The van der Waals surface area contributed by atoms with E-state index in [1.165, 1.54) is 38.2 Å². The van der Waals surface area contributed by atoms with E-state index in [2.05, 4.69) is 85.8 Å². The van der Waals surface area contributed by atoms with Gasteiger partial charge in [0.2, 0.25) is 0 Å². The van der Waals surface area contributed by atoms with E-state index in [1.807, 2.05) is 0 Å². The normalized spacial score (nSPS) is 12.6. The summed E-state index contributed by atoms with van der Waals surface area (Å²) in [7, 11) is 0. The van der Waals surface area contributed by atoms with Crippen molar-refractivity contribution in [3.63, 3.8) is 0 Å². The minimum atomic E-state index is 0.118. The third-order valence-electron chi connectivity index (χ3n) is 4.86. The maximum Gasteiger partial charge on any atom is 0.0292 e. The third kappa shape index (κ3) is 2.47. The third-order valence-corrected chi connectivity index (χ3v) is 4.86. The number of fused-ring (bicyclic) bond motifs is 3. The second-order valence-corrected chi connectivity index (χ2v) is 6.33. The lowest BCUT2D eigenvalue weighted by Gasteiger charge is -2.13. The monoisotopic (exact) mass is 311 g/mol. The number of benzene rings is 4. The predicted octanol–water partition coefficient (Wildman–Crippen LogP) is 6.07. The fraction of sp³-hybridized carbons (Fsp3) is 0.130. The van der Waals surface area contributed by atoms with Gasteiger partial charge in [0.05, 0.1) is 0 Å². The minimum Gasteiger partial charge on any atom is -0.324 e. The zero-order chi connectivity index (χ0) is 16.5. The highest BCUT2D eigenvalue weighted by atomic mass is 14.6. The van der Waals surface area contributed by atoms with Gasteiger partial charge >= 0.3 is 0 Å². The summed E-state index contributed by atoms with van der Waals surface area (Å²) in [5, 5.41) is 5.19. The Balaban J connectivity index is 1.95. The van der Waals surface area contributed by atoms with Gasteiger partial charge in [-0.25, -0.2) is 0 Å². The van der Waals surface area contributed by atoms with Crippen LogP contribution in [0.2, 0.25) is 0 Å². The topological polar surface area (TPSA) is 26.0 Å². The quantitative estimate of drug-likeness (QED) is 0.457. The fourth-order valence-electron chi connectivity index (χ4n) is 3.44. The Labute approximate surface area is 142 Å². The zero-order valence-electron chi connectivity index (χ0n) is 13.9. The first kappa shape index (κ1) is 14.9. The molecule has 0 spiro atoms. The number of nitrogens with two attached hydrogens (primary N) is 1. The van der Waals surface area contributed by atoms with Crippen molar-refractivity contribution in [2.45, 2.75) is 19.4 Å². The van der Waals surface area contributed by atoms with Gasteiger partial charge in [-0.15, -0.1) is 0 Å². The molecule has 1 heteroatoms. The van der Waals surface area contributed by atoms with E-state index in [-0.39, 0.29) is 6.04 Å². The average Bonchev–Trinajstić information content (AvgIpc) is 2.67. The van der Waals surface area contributed by atoms with Crippen molar-refractivity contribution in [1.82, 2.24) is 0 Å². The van der Waals surface area contributed by atoms with Crippen molar-refractivity contribution in [2.24, 2.45) is 5.73 Å². The predicted molar refractivity (Wildman–Crippen MR) is 104 cm³/mol. The second kappa shape index (κ2) is 6.10. The van der Waals surface area contributed by atoms with Crippen LogP contribution >= 0.6 is 0 Å². The van der Waals surface area contributed by atoms with Gasteiger partial charge in [-0.1, -0.05) is 79.7 Å². The molecule has 0 aromatic heterocycles. The SMILES string of the molecule is CCC(N)c1ccc(-c2cc3ccccc3c3ccccc23)cc1. The fourth-order valence-corrected chi connectivity index (χ4v) is 3.44. The van der Waals surface area contributed by atoms with E-state index in [1.54, 1.807) is 0 Å². The van der Waals surface area contributed by atoms with Crippen molar-refractivity contribution in [3.8, 4) is 11.1 Å². The molecule has 0 aliphatic rings. The highest BCUT2D eigenvalue weighted by molar-refractivity contribution is 6.13. The minimum absolute atomic E-state index is 0.118. The molecule has 0 aliphatic heterocycles. The second-order valence-electron chi connectivity index (χ2n) is 6.33. The molecule has 0 heterocycles. The van der Waals surface area contributed by atoms with Crippen molar-refractivity contribution in [3.05, 3.63) is 84.4 Å².